The third kappa shape index (κ3) is 6.34. The zero-order valence-corrected chi connectivity index (χ0v) is 19.6. The fraction of sp³-hybridized carbons (Fsp3) is 0.583. The molecule has 1 aliphatic rings. The number of aromatic nitrogens is 1. The number of carboxylic acids is 1. The molecule has 1 fully saturated rings. The normalized spacial score (nSPS) is 21.2. The molecule has 170 valence electrons. The Kier molecular flexibility index (Phi) is 8.19. The van der Waals surface area contributed by atoms with E-state index in [1.54, 1.807) is 0 Å². The standard InChI is InChI=1S/C24H33NO5S/c1-15(2)22(24(26)27)31(28)14-18-6-5-7-20(12-18)29-13-21-17(4)30-23(25-21)19-10-8-16(3)9-11-19/h8-11,15,18,20,22H,5-7,12-14H2,1-4H3,(H,26,27)/t18-,20+,22?,31?/m0/s1. The Morgan fingerprint density at radius 3 is 2.65 bits per heavy atom. The number of benzene rings is 1. The number of aliphatic carboxylic acids is 1. The predicted octanol–water partition coefficient (Wildman–Crippen LogP) is 4.89. The molecule has 0 amide bonds. The largest absolute Gasteiger partial charge is 0.616 e. The number of carbonyl (C=O) groups is 1. The summed E-state index contributed by atoms with van der Waals surface area (Å²) in [7, 11) is 0. The van der Waals surface area contributed by atoms with Gasteiger partial charge in [-0.1, -0.05) is 38.0 Å². The minimum absolute atomic E-state index is 0.0667. The molecule has 3 rings (SSSR count). The van der Waals surface area contributed by atoms with Crippen molar-refractivity contribution in [1.82, 2.24) is 4.98 Å². The number of hydrogen-bond acceptors (Lipinski definition) is 5. The van der Waals surface area contributed by atoms with Crippen LogP contribution >= 0.6 is 0 Å². The number of ether oxygens (including phenoxy) is 1. The van der Waals surface area contributed by atoms with Crippen LogP contribution in [0.4, 0.5) is 0 Å². The van der Waals surface area contributed by atoms with Crippen molar-refractivity contribution in [1.29, 1.82) is 0 Å². The summed E-state index contributed by atoms with van der Waals surface area (Å²) in [4.78, 5) is 16.1. The maximum absolute atomic E-state index is 12.7. The molecule has 0 bridgehead atoms. The van der Waals surface area contributed by atoms with Crippen molar-refractivity contribution in [3.8, 4) is 11.5 Å². The first kappa shape index (κ1) is 23.8. The van der Waals surface area contributed by atoms with Crippen LogP contribution in [0.3, 0.4) is 0 Å². The van der Waals surface area contributed by atoms with E-state index >= 15 is 0 Å². The molecule has 2 unspecified atom stereocenters. The van der Waals surface area contributed by atoms with E-state index in [0.717, 1.165) is 42.7 Å². The van der Waals surface area contributed by atoms with Gasteiger partial charge in [-0.3, -0.25) is 0 Å². The number of rotatable bonds is 9. The summed E-state index contributed by atoms with van der Waals surface area (Å²) in [6, 6.07) is 8.06. The first-order chi connectivity index (χ1) is 14.7. The van der Waals surface area contributed by atoms with Gasteiger partial charge in [0.1, 0.15) is 17.2 Å². The minimum Gasteiger partial charge on any atom is -0.616 e. The van der Waals surface area contributed by atoms with Gasteiger partial charge in [0.15, 0.2) is 0 Å². The van der Waals surface area contributed by atoms with Gasteiger partial charge < -0.3 is 18.8 Å². The number of oxazole rings is 1. The van der Waals surface area contributed by atoms with E-state index in [2.05, 4.69) is 4.98 Å². The van der Waals surface area contributed by atoms with Crippen LogP contribution in [-0.4, -0.2) is 37.7 Å². The van der Waals surface area contributed by atoms with Gasteiger partial charge in [-0.15, -0.1) is 0 Å². The van der Waals surface area contributed by atoms with E-state index in [0.29, 0.717) is 18.3 Å². The molecule has 1 saturated carbocycles. The van der Waals surface area contributed by atoms with Gasteiger partial charge in [-0.25, -0.2) is 9.78 Å². The second-order valence-corrected chi connectivity index (χ2v) is 10.5. The fourth-order valence-corrected chi connectivity index (χ4v) is 5.97. The number of hydrogen-bond donors (Lipinski definition) is 1. The van der Waals surface area contributed by atoms with Crippen LogP contribution in [0.25, 0.3) is 11.5 Å². The molecule has 1 aromatic carbocycles. The van der Waals surface area contributed by atoms with Gasteiger partial charge >= 0.3 is 5.97 Å². The highest BCUT2D eigenvalue weighted by molar-refractivity contribution is 7.92. The Hall–Kier alpha value is -1.83. The zero-order chi connectivity index (χ0) is 22.5. The lowest BCUT2D eigenvalue weighted by molar-refractivity contribution is -0.137. The van der Waals surface area contributed by atoms with Crippen LogP contribution in [0, 0.1) is 25.7 Å². The first-order valence-corrected chi connectivity index (χ1v) is 12.4. The van der Waals surface area contributed by atoms with Crippen LogP contribution in [-0.2, 0) is 27.3 Å². The molecule has 0 spiro atoms. The van der Waals surface area contributed by atoms with Crippen molar-refractivity contribution < 1.29 is 23.6 Å². The van der Waals surface area contributed by atoms with Gasteiger partial charge in [-0.2, -0.15) is 0 Å². The summed E-state index contributed by atoms with van der Waals surface area (Å²) in [6.07, 6.45) is 3.79. The summed E-state index contributed by atoms with van der Waals surface area (Å²) in [5, 5.41) is 8.59. The summed E-state index contributed by atoms with van der Waals surface area (Å²) in [5.41, 5.74) is 2.93. The Bertz CT molecular complexity index is 863. The lowest BCUT2D eigenvalue weighted by Gasteiger charge is -2.31. The molecule has 0 radical (unpaired) electrons. The van der Waals surface area contributed by atoms with Gasteiger partial charge in [0.05, 0.1) is 12.7 Å². The SMILES string of the molecule is Cc1ccc(-c2nc(CO[C@@H]3CCC[C@H](C[S+]([O-])C(C(=O)O)C(C)C)C3)c(C)o2)cc1. The summed E-state index contributed by atoms with van der Waals surface area (Å²) in [5.74, 6) is 0.887. The fourth-order valence-electron chi connectivity index (χ4n) is 4.16. The van der Waals surface area contributed by atoms with Crippen molar-refractivity contribution in [2.24, 2.45) is 11.8 Å². The van der Waals surface area contributed by atoms with Crippen molar-refractivity contribution in [2.75, 3.05) is 5.75 Å². The van der Waals surface area contributed by atoms with Gasteiger partial charge in [0.25, 0.3) is 0 Å². The maximum atomic E-state index is 12.7. The lowest BCUT2D eigenvalue weighted by atomic mass is 9.88. The molecule has 0 saturated heterocycles. The molecule has 6 nitrogen and oxygen atoms in total. The number of nitrogens with zero attached hydrogens (tertiary/aromatic N) is 1. The molecular weight excluding hydrogens is 414 g/mol. The first-order valence-electron chi connectivity index (χ1n) is 11.0. The Morgan fingerprint density at radius 2 is 2.00 bits per heavy atom. The van der Waals surface area contributed by atoms with Gasteiger partial charge in [0, 0.05) is 17.4 Å². The van der Waals surface area contributed by atoms with Crippen LogP contribution < -0.4 is 0 Å². The average molecular weight is 448 g/mol. The Balaban J connectivity index is 1.55. The summed E-state index contributed by atoms with van der Waals surface area (Å²) in [6.45, 7) is 7.95. The topological polar surface area (TPSA) is 95.6 Å². The van der Waals surface area contributed by atoms with E-state index in [1.807, 2.05) is 52.0 Å². The molecule has 7 heteroatoms. The van der Waals surface area contributed by atoms with Crippen molar-refractivity contribution >= 4 is 17.1 Å². The highest BCUT2D eigenvalue weighted by atomic mass is 32.2. The lowest BCUT2D eigenvalue weighted by Crippen LogP contribution is -2.39. The molecule has 1 N–H and O–H groups in total. The van der Waals surface area contributed by atoms with Crippen LogP contribution in [0.1, 0.15) is 56.5 Å². The molecule has 31 heavy (non-hydrogen) atoms. The average Bonchev–Trinajstić information content (AvgIpc) is 3.07. The molecular formula is C24H33NO5S. The van der Waals surface area contributed by atoms with Crippen molar-refractivity contribution in [3.05, 3.63) is 41.3 Å². The zero-order valence-electron chi connectivity index (χ0n) is 18.8. The van der Waals surface area contributed by atoms with Crippen LogP contribution in [0.15, 0.2) is 28.7 Å². The maximum Gasteiger partial charge on any atom is 0.357 e. The molecule has 1 aliphatic carbocycles. The molecule has 4 atom stereocenters. The smallest absolute Gasteiger partial charge is 0.357 e. The van der Waals surface area contributed by atoms with Crippen LogP contribution in [0.5, 0.6) is 0 Å². The Morgan fingerprint density at radius 1 is 1.29 bits per heavy atom. The number of aryl methyl sites for hydroxylation is 2. The second kappa shape index (κ2) is 10.7. The quantitative estimate of drug-likeness (QED) is 0.550. The van der Waals surface area contributed by atoms with Gasteiger partial charge in [-0.05, 0) is 56.4 Å². The van der Waals surface area contributed by atoms with E-state index in [9.17, 15) is 14.5 Å². The molecule has 1 heterocycles. The summed E-state index contributed by atoms with van der Waals surface area (Å²) >= 11 is -1.38. The van der Waals surface area contributed by atoms with Crippen molar-refractivity contribution in [2.45, 2.75) is 71.3 Å². The van der Waals surface area contributed by atoms with Crippen LogP contribution in [0.2, 0.25) is 0 Å². The van der Waals surface area contributed by atoms with E-state index in [1.165, 1.54) is 5.56 Å². The minimum atomic E-state index is -1.38. The van der Waals surface area contributed by atoms with E-state index < -0.39 is 22.4 Å². The molecule has 0 aliphatic heterocycles. The highest BCUT2D eigenvalue weighted by Crippen LogP contribution is 2.30. The second-order valence-electron chi connectivity index (χ2n) is 8.90. The summed E-state index contributed by atoms with van der Waals surface area (Å²) < 4.78 is 24.6. The monoisotopic (exact) mass is 447 g/mol. The van der Waals surface area contributed by atoms with Crippen molar-refractivity contribution in [3.63, 3.8) is 0 Å². The number of carboxylic acid groups (broad SMARTS) is 1. The third-order valence-corrected chi connectivity index (χ3v) is 8.03. The predicted molar refractivity (Wildman–Crippen MR) is 121 cm³/mol. The van der Waals surface area contributed by atoms with Gasteiger partial charge in [0.2, 0.25) is 11.1 Å². The highest BCUT2D eigenvalue weighted by Gasteiger charge is 2.36. The molecule has 1 aromatic heterocycles. The third-order valence-electron chi connectivity index (χ3n) is 5.91. The van der Waals surface area contributed by atoms with E-state index in [-0.39, 0.29) is 17.9 Å². The van der Waals surface area contributed by atoms with E-state index in [4.69, 9.17) is 9.15 Å². The molecule has 2 aromatic rings. The Labute approximate surface area is 187 Å².